The van der Waals surface area contributed by atoms with Gasteiger partial charge < -0.3 is 0 Å². The second kappa shape index (κ2) is 13.7. The van der Waals surface area contributed by atoms with Crippen molar-refractivity contribution in [2.24, 2.45) is 17.8 Å². The van der Waals surface area contributed by atoms with Crippen molar-refractivity contribution in [3.8, 4) is 0 Å². The van der Waals surface area contributed by atoms with E-state index < -0.39 is 39.6 Å². The first-order valence-electron chi connectivity index (χ1n) is 11.5. The number of hydrogen-bond acceptors (Lipinski definition) is 7. The van der Waals surface area contributed by atoms with Gasteiger partial charge in [0.25, 0.3) is 0 Å². The van der Waals surface area contributed by atoms with Crippen LogP contribution < -0.4 is 10.9 Å². The third kappa shape index (κ3) is 9.02. The molecule has 0 aliphatic rings. The molecule has 1 aromatic heterocycles. The molecule has 0 spiro atoms. The summed E-state index contributed by atoms with van der Waals surface area (Å²) in [6.07, 6.45) is 8.77. The summed E-state index contributed by atoms with van der Waals surface area (Å²) < 4.78 is 26.6. The van der Waals surface area contributed by atoms with Crippen LogP contribution in [0.25, 0.3) is 6.08 Å². The highest BCUT2D eigenvalue weighted by molar-refractivity contribution is 7.88. The van der Waals surface area contributed by atoms with Gasteiger partial charge in [-0.1, -0.05) is 56.3 Å². The lowest BCUT2D eigenvalue weighted by Gasteiger charge is -2.28. The summed E-state index contributed by atoms with van der Waals surface area (Å²) in [5, 5.41) is 9.33. The Labute approximate surface area is 211 Å². The highest BCUT2D eigenvalue weighted by atomic mass is 32.2. The summed E-state index contributed by atoms with van der Waals surface area (Å²) in [7, 11) is -3.93. The maximum Gasteiger partial charge on any atom is 0.247 e. The Balaban J connectivity index is 2.22. The van der Waals surface area contributed by atoms with Gasteiger partial charge >= 0.3 is 0 Å². The zero-order chi connectivity index (χ0) is 26.7. The van der Waals surface area contributed by atoms with E-state index in [9.17, 15) is 28.0 Å². The fourth-order valence-electron chi connectivity index (χ4n) is 3.66. The van der Waals surface area contributed by atoms with E-state index in [1.165, 1.54) is 23.3 Å². The minimum Gasteiger partial charge on any atom is -0.289 e. The van der Waals surface area contributed by atoms with Crippen molar-refractivity contribution in [1.82, 2.24) is 24.9 Å². The van der Waals surface area contributed by atoms with Crippen LogP contribution in [0.1, 0.15) is 43.5 Å². The predicted octanol–water partition coefficient (Wildman–Crippen LogP) is 2.09. The first kappa shape index (κ1) is 28.9. The smallest absolute Gasteiger partial charge is 0.247 e. The molecule has 11 nitrogen and oxygen atoms in total. The number of hydrazine groups is 1. The van der Waals surface area contributed by atoms with E-state index in [-0.39, 0.29) is 31.7 Å². The molecule has 2 rings (SSSR count). The number of nitrogens with one attached hydrogen (secondary N) is 2. The Hall–Kier alpha value is -3.35. The zero-order valence-corrected chi connectivity index (χ0v) is 21.4. The van der Waals surface area contributed by atoms with Crippen LogP contribution in [-0.4, -0.2) is 58.1 Å². The summed E-state index contributed by atoms with van der Waals surface area (Å²) in [5.74, 6) is -3.79. The van der Waals surface area contributed by atoms with Crippen molar-refractivity contribution in [3.63, 3.8) is 0 Å². The normalized spacial score (nSPS) is 13.6. The topological polar surface area (TPSA) is 151 Å². The second-order valence-corrected chi connectivity index (χ2v) is 10.7. The van der Waals surface area contributed by atoms with Crippen LogP contribution in [-0.2, 0) is 19.6 Å². The third-order valence-electron chi connectivity index (χ3n) is 5.45. The minimum atomic E-state index is -3.93. The molecule has 1 heterocycles. The number of rotatable bonds is 13. The van der Waals surface area contributed by atoms with Crippen molar-refractivity contribution < 1.29 is 28.0 Å². The molecule has 0 aliphatic carbocycles. The summed E-state index contributed by atoms with van der Waals surface area (Å²) in [5.41, 5.74) is 4.90. The van der Waals surface area contributed by atoms with Gasteiger partial charge in [0.1, 0.15) is 6.33 Å². The van der Waals surface area contributed by atoms with Crippen LogP contribution in [0, 0.1) is 17.8 Å². The molecule has 0 radical (unpaired) electrons. The van der Waals surface area contributed by atoms with Crippen LogP contribution in [0.5, 0.6) is 0 Å². The van der Waals surface area contributed by atoms with Crippen LogP contribution in [0.3, 0.4) is 0 Å². The Kier molecular flexibility index (Phi) is 11.0. The summed E-state index contributed by atoms with van der Waals surface area (Å²) in [6.45, 7) is 3.43. The molecule has 0 saturated carbocycles. The maximum absolute atomic E-state index is 13.3. The number of benzene rings is 1. The third-order valence-corrected chi connectivity index (χ3v) is 6.53. The summed E-state index contributed by atoms with van der Waals surface area (Å²) in [6, 6.07) is 9.36. The Morgan fingerprint density at radius 1 is 1.14 bits per heavy atom. The number of hydroxylamine groups is 1. The number of aromatic nitrogens is 2. The van der Waals surface area contributed by atoms with Gasteiger partial charge in [0.05, 0.1) is 18.1 Å². The lowest BCUT2D eigenvalue weighted by atomic mass is 9.82. The van der Waals surface area contributed by atoms with Crippen molar-refractivity contribution in [3.05, 3.63) is 60.7 Å². The van der Waals surface area contributed by atoms with Crippen LogP contribution in [0.2, 0.25) is 0 Å². The van der Waals surface area contributed by atoms with E-state index in [1.807, 2.05) is 44.2 Å². The molecule has 12 heteroatoms. The molecule has 2 amide bonds. The average molecular weight is 520 g/mol. The zero-order valence-electron chi connectivity index (χ0n) is 20.6. The second-order valence-electron chi connectivity index (χ2n) is 8.79. The van der Waals surface area contributed by atoms with Crippen molar-refractivity contribution in [1.29, 1.82) is 0 Å². The van der Waals surface area contributed by atoms with Gasteiger partial charge in [0, 0.05) is 25.4 Å². The van der Waals surface area contributed by atoms with Crippen LogP contribution in [0.4, 0.5) is 0 Å². The molecule has 0 unspecified atom stereocenters. The van der Waals surface area contributed by atoms with Crippen LogP contribution >= 0.6 is 0 Å². The molecule has 0 saturated heterocycles. The van der Waals surface area contributed by atoms with E-state index in [2.05, 4.69) is 10.4 Å². The fraction of sp³-hybridized carbons (Fsp3) is 0.417. The van der Waals surface area contributed by atoms with E-state index in [4.69, 9.17) is 0 Å². The molecular formula is C24H33N5O6S. The highest BCUT2D eigenvalue weighted by Gasteiger charge is 2.35. The monoisotopic (exact) mass is 519 g/mol. The standard InChI is InChI=1S/C24H33N5O6S/c1-18(2)16-21(20(24(32)27-33)11-7-10-19-8-5-4-6-9-19)23(31)26-29(36(3,34)35)14-12-22(30)28-15-13-25-17-28/h4-10,13,15,17-18,20-21,33H,11-12,14,16H2,1-3H3,(H,26,31)(H,27,32)/b10-7+/t20-,21+/m0/s1. The Morgan fingerprint density at radius 2 is 1.83 bits per heavy atom. The van der Waals surface area contributed by atoms with E-state index in [1.54, 1.807) is 17.6 Å². The molecule has 3 N–H and O–H groups in total. The first-order valence-corrected chi connectivity index (χ1v) is 13.3. The number of sulfonamides is 1. The van der Waals surface area contributed by atoms with Crippen molar-refractivity contribution in [2.45, 2.75) is 33.1 Å². The average Bonchev–Trinajstić information content (AvgIpc) is 3.37. The molecular weight excluding hydrogens is 486 g/mol. The largest absolute Gasteiger partial charge is 0.289 e. The number of amides is 2. The van der Waals surface area contributed by atoms with Gasteiger partial charge in [0.2, 0.25) is 27.7 Å². The summed E-state index contributed by atoms with van der Waals surface area (Å²) in [4.78, 5) is 41.9. The number of imidazole rings is 1. The minimum absolute atomic E-state index is 0.0117. The molecule has 0 bridgehead atoms. The van der Waals surface area contributed by atoms with E-state index in [0.29, 0.717) is 4.41 Å². The molecule has 1 aromatic carbocycles. The van der Waals surface area contributed by atoms with Gasteiger partial charge in [-0.3, -0.25) is 29.6 Å². The van der Waals surface area contributed by atoms with Crippen LogP contribution in [0.15, 0.2) is 55.1 Å². The molecule has 196 valence electrons. The maximum atomic E-state index is 13.3. The number of carbonyl (C=O) groups is 3. The van der Waals surface area contributed by atoms with Gasteiger partial charge in [-0.2, -0.15) is 0 Å². The van der Waals surface area contributed by atoms with E-state index >= 15 is 0 Å². The number of nitrogens with zero attached hydrogens (tertiary/aromatic N) is 3. The number of hydrogen-bond donors (Lipinski definition) is 3. The number of allylic oxidation sites excluding steroid dienone is 1. The molecule has 2 aromatic rings. The van der Waals surface area contributed by atoms with Gasteiger partial charge in [-0.05, 0) is 24.3 Å². The molecule has 0 aliphatic heterocycles. The summed E-state index contributed by atoms with van der Waals surface area (Å²) >= 11 is 0. The lowest BCUT2D eigenvalue weighted by Crippen LogP contribution is -2.51. The molecule has 2 atom stereocenters. The van der Waals surface area contributed by atoms with Gasteiger partial charge in [0.15, 0.2) is 0 Å². The van der Waals surface area contributed by atoms with Gasteiger partial charge in [-0.15, -0.1) is 4.41 Å². The van der Waals surface area contributed by atoms with Crippen molar-refractivity contribution in [2.75, 3.05) is 12.8 Å². The first-order chi connectivity index (χ1) is 17.0. The SMILES string of the molecule is CC(C)C[C@@H](C(=O)NN(CCC(=O)n1ccnc1)S(C)(=O)=O)[C@H](C/C=C/c1ccccc1)C(=O)NO. The van der Waals surface area contributed by atoms with E-state index in [0.717, 1.165) is 11.8 Å². The Bertz CT molecular complexity index is 1130. The molecule has 0 fully saturated rings. The lowest BCUT2D eigenvalue weighted by molar-refractivity contribution is -0.141. The Morgan fingerprint density at radius 3 is 2.39 bits per heavy atom. The highest BCUT2D eigenvalue weighted by Crippen LogP contribution is 2.26. The predicted molar refractivity (Wildman–Crippen MR) is 134 cm³/mol. The van der Waals surface area contributed by atoms with Crippen molar-refractivity contribution >= 4 is 33.8 Å². The fourth-order valence-corrected chi connectivity index (χ4v) is 4.34. The van der Waals surface area contributed by atoms with Gasteiger partial charge in [-0.25, -0.2) is 18.9 Å². The molecule has 36 heavy (non-hydrogen) atoms. The quantitative estimate of drug-likeness (QED) is 0.271. The number of carbonyl (C=O) groups excluding carboxylic acids is 3.